The summed E-state index contributed by atoms with van der Waals surface area (Å²) < 4.78 is 0. The largest absolute Gasteiger partial charge is 0.393 e. The van der Waals surface area contributed by atoms with E-state index in [-0.39, 0.29) is 6.10 Å². The van der Waals surface area contributed by atoms with Gasteiger partial charge in [0.15, 0.2) is 0 Å². The molecule has 0 amide bonds. The molecule has 1 saturated heterocycles. The van der Waals surface area contributed by atoms with Crippen LogP contribution in [-0.2, 0) is 0 Å². The number of rotatable bonds is 3. The third-order valence-electron chi connectivity index (χ3n) is 5.81. The molecule has 2 heteroatoms. The molecule has 2 aliphatic rings. The van der Waals surface area contributed by atoms with Gasteiger partial charge in [-0.2, -0.15) is 0 Å². The molecular formula is C17H33NO. The minimum absolute atomic E-state index is 0.0582. The predicted octanol–water partition coefficient (Wildman–Crippen LogP) is 3.83. The first-order valence-corrected chi connectivity index (χ1v) is 8.46. The first-order chi connectivity index (χ1) is 9.04. The summed E-state index contributed by atoms with van der Waals surface area (Å²) in [6, 6.07) is 0.622. The zero-order chi connectivity index (χ0) is 13.9. The summed E-state index contributed by atoms with van der Waals surface area (Å²) in [6.07, 6.45) is 9.92. The molecule has 2 fully saturated rings. The highest BCUT2D eigenvalue weighted by Gasteiger charge is 2.41. The van der Waals surface area contributed by atoms with Crippen LogP contribution >= 0.6 is 0 Å². The minimum atomic E-state index is -0.0582. The Hall–Kier alpha value is -0.0800. The average molecular weight is 267 g/mol. The summed E-state index contributed by atoms with van der Waals surface area (Å²) in [6.45, 7) is 9.70. The highest BCUT2D eigenvalue weighted by atomic mass is 16.3. The van der Waals surface area contributed by atoms with E-state index in [4.69, 9.17) is 0 Å². The number of aliphatic hydroxyl groups excluding tert-OH is 1. The maximum Gasteiger partial charge on any atom is 0.0555 e. The molecule has 19 heavy (non-hydrogen) atoms. The molecule has 1 aliphatic carbocycles. The molecule has 1 aliphatic heterocycles. The molecule has 0 spiro atoms. The number of nitrogens with zero attached hydrogens (tertiary/aromatic N) is 1. The van der Waals surface area contributed by atoms with Crippen molar-refractivity contribution in [3.63, 3.8) is 0 Å². The maximum absolute atomic E-state index is 10.1. The second-order valence-electron chi connectivity index (χ2n) is 7.43. The van der Waals surface area contributed by atoms with Gasteiger partial charge in [-0.15, -0.1) is 0 Å². The second kappa shape index (κ2) is 6.58. The quantitative estimate of drug-likeness (QED) is 0.840. The predicted molar refractivity (Wildman–Crippen MR) is 81.2 cm³/mol. The Labute approximate surface area is 119 Å². The van der Waals surface area contributed by atoms with Gasteiger partial charge in [0.1, 0.15) is 0 Å². The summed E-state index contributed by atoms with van der Waals surface area (Å²) in [5, 5.41) is 10.1. The van der Waals surface area contributed by atoms with Crippen molar-refractivity contribution in [2.24, 2.45) is 11.3 Å². The molecule has 2 nitrogen and oxygen atoms in total. The first kappa shape index (κ1) is 15.3. The summed E-state index contributed by atoms with van der Waals surface area (Å²) in [5.74, 6) is 0.763. The van der Waals surface area contributed by atoms with E-state index in [0.717, 1.165) is 18.8 Å². The fourth-order valence-corrected chi connectivity index (χ4v) is 4.13. The molecule has 0 aromatic rings. The van der Waals surface area contributed by atoms with Crippen LogP contribution in [0.25, 0.3) is 0 Å². The van der Waals surface area contributed by atoms with Crippen molar-refractivity contribution in [1.29, 1.82) is 0 Å². The van der Waals surface area contributed by atoms with Gasteiger partial charge in [0.2, 0.25) is 0 Å². The number of hydrogen-bond donors (Lipinski definition) is 1. The van der Waals surface area contributed by atoms with Crippen molar-refractivity contribution in [3.8, 4) is 0 Å². The van der Waals surface area contributed by atoms with Crippen molar-refractivity contribution in [1.82, 2.24) is 4.90 Å². The van der Waals surface area contributed by atoms with Crippen LogP contribution < -0.4 is 0 Å². The normalized spacial score (nSPS) is 35.1. The molecule has 112 valence electrons. The minimum Gasteiger partial charge on any atom is -0.393 e. The van der Waals surface area contributed by atoms with E-state index in [9.17, 15) is 5.11 Å². The summed E-state index contributed by atoms with van der Waals surface area (Å²) in [4.78, 5) is 2.72. The van der Waals surface area contributed by atoms with Crippen molar-refractivity contribution >= 4 is 0 Å². The monoisotopic (exact) mass is 267 g/mol. The Kier molecular flexibility index (Phi) is 5.30. The van der Waals surface area contributed by atoms with E-state index >= 15 is 0 Å². The third-order valence-corrected chi connectivity index (χ3v) is 5.81. The highest BCUT2D eigenvalue weighted by Crippen LogP contribution is 2.43. The standard InChI is InChI=1S/C17H33NO/c1-4-17(2,3)15-10-9-14(19)13-16(15)18-11-7-5-6-8-12-18/h14-16,19H,4-13H2,1-3H3. The molecule has 1 N–H and O–H groups in total. The molecule has 0 bridgehead atoms. The van der Waals surface area contributed by atoms with Crippen LogP contribution in [-0.4, -0.2) is 35.2 Å². The summed E-state index contributed by atoms with van der Waals surface area (Å²) >= 11 is 0. The van der Waals surface area contributed by atoms with Crippen LogP contribution in [0.5, 0.6) is 0 Å². The lowest BCUT2D eigenvalue weighted by Gasteiger charge is -2.48. The van der Waals surface area contributed by atoms with E-state index < -0.39 is 0 Å². The lowest BCUT2D eigenvalue weighted by atomic mass is 9.66. The van der Waals surface area contributed by atoms with Gasteiger partial charge in [-0.3, -0.25) is 4.90 Å². The Morgan fingerprint density at radius 2 is 1.68 bits per heavy atom. The van der Waals surface area contributed by atoms with Crippen LogP contribution in [0.2, 0.25) is 0 Å². The fraction of sp³-hybridized carbons (Fsp3) is 1.00. The number of aliphatic hydroxyl groups is 1. The van der Waals surface area contributed by atoms with Gasteiger partial charge in [0.25, 0.3) is 0 Å². The van der Waals surface area contributed by atoms with Crippen molar-refractivity contribution < 1.29 is 5.11 Å². The van der Waals surface area contributed by atoms with Crippen molar-refractivity contribution in [3.05, 3.63) is 0 Å². The molecule has 0 aromatic carbocycles. The first-order valence-electron chi connectivity index (χ1n) is 8.46. The Bertz CT molecular complexity index is 268. The molecule has 0 aromatic heterocycles. The summed E-state index contributed by atoms with van der Waals surface area (Å²) in [7, 11) is 0. The molecule has 0 radical (unpaired) electrons. The lowest BCUT2D eigenvalue weighted by molar-refractivity contribution is -0.0171. The number of likely N-dealkylation sites (tertiary alicyclic amines) is 1. The van der Waals surface area contributed by atoms with Gasteiger partial charge in [0.05, 0.1) is 6.10 Å². The van der Waals surface area contributed by atoms with Gasteiger partial charge in [-0.1, -0.05) is 40.0 Å². The SMILES string of the molecule is CCC(C)(C)C1CCC(O)CC1N1CCCCCC1. The Balaban J connectivity index is 2.11. The van der Waals surface area contributed by atoms with Crippen LogP contribution in [0.1, 0.15) is 72.1 Å². The molecule has 2 rings (SSSR count). The van der Waals surface area contributed by atoms with Gasteiger partial charge in [-0.25, -0.2) is 0 Å². The second-order valence-corrected chi connectivity index (χ2v) is 7.43. The van der Waals surface area contributed by atoms with E-state index in [1.807, 2.05) is 0 Å². The molecule has 3 atom stereocenters. The topological polar surface area (TPSA) is 23.5 Å². The lowest BCUT2D eigenvalue weighted by Crippen LogP contribution is -2.50. The number of hydrogen-bond acceptors (Lipinski definition) is 2. The van der Waals surface area contributed by atoms with Gasteiger partial charge in [-0.05, 0) is 56.5 Å². The molecule has 1 saturated carbocycles. The Morgan fingerprint density at radius 3 is 2.26 bits per heavy atom. The van der Waals surface area contributed by atoms with Crippen LogP contribution in [0.15, 0.2) is 0 Å². The van der Waals surface area contributed by atoms with Gasteiger partial charge in [0, 0.05) is 6.04 Å². The fourth-order valence-electron chi connectivity index (χ4n) is 4.13. The molecular weight excluding hydrogens is 234 g/mol. The maximum atomic E-state index is 10.1. The third kappa shape index (κ3) is 3.72. The van der Waals surface area contributed by atoms with E-state index in [0.29, 0.717) is 11.5 Å². The van der Waals surface area contributed by atoms with Crippen LogP contribution in [0.3, 0.4) is 0 Å². The van der Waals surface area contributed by atoms with Crippen LogP contribution in [0, 0.1) is 11.3 Å². The summed E-state index contributed by atoms with van der Waals surface area (Å²) in [5.41, 5.74) is 0.414. The van der Waals surface area contributed by atoms with E-state index in [1.54, 1.807) is 0 Å². The van der Waals surface area contributed by atoms with E-state index in [2.05, 4.69) is 25.7 Å². The van der Waals surface area contributed by atoms with Crippen molar-refractivity contribution in [2.75, 3.05) is 13.1 Å². The highest BCUT2D eigenvalue weighted by molar-refractivity contribution is 4.93. The van der Waals surface area contributed by atoms with Crippen LogP contribution in [0.4, 0.5) is 0 Å². The van der Waals surface area contributed by atoms with E-state index in [1.165, 1.54) is 51.6 Å². The zero-order valence-corrected chi connectivity index (χ0v) is 13.2. The molecule has 1 heterocycles. The zero-order valence-electron chi connectivity index (χ0n) is 13.2. The average Bonchev–Trinajstić information content (AvgIpc) is 2.67. The van der Waals surface area contributed by atoms with Gasteiger partial charge < -0.3 is 5.11 Å². The molecule has 3 unspecified atom stereocenters. The van der Waals surface area contributed by atoms with Crippen molar-refractivity contribution in [2.45, 2.75) is 84.3 Å². The van der Waals surface area contributed by atoms with Gasteiger partial charge >= 0.3 is 0 Å². The Morgan fingerprint density at radius 1 is 1.05 bits per heavy atom. The smallest absolute Gasteiger partial charge is 0.0555 e.